The third-order valence-corrected chi connectivity index (χ3v) is 8.43. The van der Waals surface area contributed by atoms with E-state index < -0.39 is 6.09 Å². The number of aromatic nitrogens is 2. The Kier molecular flexibility index (Phi) is 6.43. The van der Waals surface area contributed by atoms with Crippen LogP contribution in [0.2, 0.25) is 0 Å². The second-order valence-corrected chi connectivity index (χ2v) is 10.4. The molecule has 5 rings (SSSR count). The van der Waals surface area contributed by atoms with E-state index in [9.17, 15) is 4.79 Å². The number of piperidine rings is 1. The largest absolute Gasteiger partial charge is 0.465 e. The van der Waals surface area contributed by atoms with Gasteiger partial charge < -0.3 is 15.7 Å². The summed E-state index contributed by atoms with van der Waals surface area (Å²) in [7, 11) is 0. The molecule has 0 bridgehead atoms. The lowest BCUT2D eigenvalue weighted by atomic mass is 9.88. The smallest absolute Gasteiger partial charge is 0.404 e. The van der Waals surface area contributed by atoms with Crippen LogP contribution in [0.1, 0.15) is 37.0 Å². The van der Waals surface area contributed by atoms with Gasteiger partial charge in [-0.05, 0) is 63.1 Å². The molecule has 2 unspecified atom stereocenters. The van der Waals surface area contributed by atoms with E-state index in [1.807, 2.05) is 17.8 Å². The molecule has 1 aromatic carbocycles. The normalized spacial score (nSPS) is 19.2. The van der Waals surface area contributed by atoms with Gasteiger partial charge >= 0.3 is 6.09 Å². The molecule has 1 amide bonds. The molecular weight excluding hydrogens is 454 g/mol. The number of hydrogen-bond donors (Lipinski definition) is 3. The monoisotopic (exact) mass is 481 g/mol. The summed E-state index contributed by atoms with van der Waals surface area (Å²) in [6.45, 7) is 4.78. The highest BCUT2D eigenvalue weighted by atomic mass is 32.1. The van der Waals surface area contributed by atoms with E-state index in [2.05, 4.69) is 56.7 Å². The second-order valence-electron chi connectivity index (χ2n) is 8.50. The van der Waals surface area contributed by atoms with Crippen molar-refractivity contribution in [3.05, 3.63) is 46.9 Å². The van der Waals surface area contributed by atoms with Gasteiger partial charge in [-0.15, -0.1) is 22.7 Å². The fourth-order valence-corrected chi connectivity index (χ4v) is 6.64. The summed E-state index contributed by atoms with van der Waals surface area (Å²) in [6, 6.07) is 11.1. The van der Waals surface area contributed by atoms with E-state index >= 15 is 0 Å². The van der Waals surface area contributed by atoms with E-state index in [-0.39, 0.29) is 0 Å². The summed E-state index contributed by atoms with van der Waals surface area (Å²) >= 11 is 3.44. The number of nitrogens with zero attached hydrogens (tertiary/aromatic N) is 3. The van der Waals surface area contributed by atoms with Gasteiger partial charge in [-0.25, -0.2) is 14.8 Å². The lowest BCUT2D eigenvalue weighted by molar-refractivity contribution is 0.138. The minimum Gasteiger partial charge on any atom is -0.465 e. The topological polar surface area (TPSA) is 90.4 Å². The predicted octanol–water partition coefficient (Wildman–Crippen LogP) is 5.88. The molecule has 172 valence electrons. The van der Waals surface area contributed by atoms with Crippen molar-refractivity contribution in [2.24, 2.45) is 0 Å². The quantitative estimate of drug-likeness (QED) is 0.286. The van der Waals surface area contributed by atoms with Gasteiger partial charge in [0, 0.05) is 47.2 Å². The highest BCUT2D eigenvalue weighted by molar-refractivity contribution is 7.18. The number of hydrogen-bond acceptors (Lipinski definition) is 7. The van der Waals surface area contributed by atoms with Crippen LogP contribution in [-0.2, 0) is 0 Å². The number of benzene rings is 1. The molecule has 0 aliphatic carbocycles. The van der Waals surface area contributed by atoms with Crippen molar-refractivity contribution in [1.29, 1.82) is 0 Å². The number of carboxylic acid groups (broad SMARTS) is 1. The first-order valence-electron chi connectivity index (χ1n) is 11.3. The highest BCUT2D eigenvalue weighted by Crippen LogP contribution is 2.40. The molecule has 3 aromatic heterocycles. The minimum absolute atomic E-state index is 0.417. The molecule has 2 atom stereocenters. The van der Waals surface area contributed by atoms with Crippen LogP contribution in [0, 0.1) is 0 Å². The van der Waals surface area contributed by atoms with E-state index in [0.29, 0.717) is 18.5 Å². The summed E-state index contributed by atoms with van der Waals surface area (Å²) in [5.41, 5.74) is 4.98. The lowest BCUT2D eigenvalue weighted by Gasteiger charge is -2.39. The number of carbonyl (C=O) groups is 1. The Labute approximate surface area is 200 Å². The first-order valence-corrected chi connectivity index (χ1v) is 13.0. The Balaban J connectivity index is 1.34. The fraction of sp³-hybridized carbons (Fsp3) is 0.375. The van der Waals surface area contributed by atoms with Crippen LogP contribution in [0.3, 0.4) is 0 Å². The third kappa shape index (κ3) is 4.80. The van der Waals surface area contributed by atoms with Crippen molar-refractivity contribution in [3.8, 4) is 0 Å². The van der Waals surface area contributed by atoms with E-state index in [0.717, 1.165) is 53.0 Å². The number of thiophene rings is 1. The zero-order valence-electron chi connectivity index (χ0n) is 18.5. The number of amides is 1. The van der Waals surface area contributed by atoms with Crippen LogP contribution < -0.4 is 10.6 Å². The van der Waals surface area contributed by atoms with E-state index in [4.69, 9.17) is 5.11 Å². The average molecular weight is 482 g/mol. The van der Waals surface area contributed by atoms with E-state index in [1.54, 1.807) is 22.7 Å². The van der Waals surface area contributed by atoms with Gasteiger partial charge in [-0.1, -0.05) is 0 Å². The van der Waals surface area contributed by atoms with Crippen molar-refractivity contribution in [1.82, 2.24) is 20.2 Å². The van der Waals surface area contributed by atoms with Crippen LogP contribution in [-0.4, -0.2) is 51.7 Å². The molecule has 0 saturated carbocycles. The molecule has 4 heterocycles. The van der Waals surface area contributed by atoms with E-state index in [1.165, 1.54) is 16.0 Å². The van der Waals surface area contributed by atoms with Crippen molar-refractivity contribution in [2.75, 3.05) is 25.0 Å². The first-order chi connectivity index (χ1) is 16.1. The van der Waals surface area contributed by atoms with Crippen LogP contribution in [0.15, 0.2) is 42.0 Å². The summed E-state index contributed by atoms with van der Waals surface area (Å²) in [5, 5.41) is 16.0. The molecule has 0 spiro atoms. The van der Waals surface area contributed by atoms with Gasteiger partial charge in [-0.3, -0.25) is 4.90 Å². The summed E-state index contributed by atoms with van der Waals surface area (Å²) in [6.07, 6.45) is 4.07. The highest BCUT2D eigenvalue weighted by Gasteiger charge is 2.30. The van der Waals surface area contributed by atoms with Gasteiger partial charge in [-0.2, -0.15) is 0 Å². The maximum atomic E-state index is 10.7. The average Bonchev–Trinajstić information content (AvgIpc) is 3.44. The number of nitrogens with one attached hydrogen (secondary N) is 2. The predicted molar refractivity (Wildman–Crippen MR) is 136 cm³/mol. The fourth-order valence-electron chi connectivity index (χ4n) is 4.73. The Hall–Kier alpha value is -2.75. The SMILES string of the molecule is CC1C(c2cc3c(Nc4ccc5scnc5c4)ccnc3s2)CCCN1CCCNC(=O)O. The number of fused-ring (bicyclic) bond motifs is 2. The Morgan fingerprint density at radius 3 is 3.06 bits per heavy atom. The van der Waals surface area contributed by atoms with Crippen LogP contribution in [0.4, 0.5) is 16.2 Å². The van der Waals surface area contributed by atoms with Gasteiger partial charge in [0.25, 0.3) is 0 Å². The summed E-state index contributed by atoms with van der Waals surface area (Å²) in [4.78, 5) is 24.7. The van der Waals surface area contributed by atoms with Crippen LogP contribution in [0.25, 0.3) is 20.4 Å². The second kappa shape index (κ2) is 9.62. The number of rotatable bonds is 7. The number of anilines is 2. The van der Waals surface area contributed by atoms with Crippen LogP contribution >= 0.6 is 22.7 Å². The standard InChI is InChI=1S/C24H27N5O2S2/c1-15-17(4-2-10-29(15)11-3-8-26-24(30)31)22-13-18-19(7-9-25-23(18)33-22)28-16-5-6-21-20(12-16)27-14-32-21/h5-7,9,12-15,17,26H,2-4,8,10-11H2,1H3,(H,25,28)(H,30,31). The van der Waals surface area contributed by atoms with Crippen molar-refractivity contribution < 1.29 is 9.90 Å². The summed E-state index contributed by atoms with van der Waals surface area (Å²) < 4.78 is 1.19. The zero-order valence-corrected chi connectivity index (χ0v) is 20.1. The van der Waals surface area contributed by atoms with Gasteiger partial charge in [0.2, 0.25) is 0 Å². The molecular formula is C24H27N5O2S2. The molecule has 1 aliphatic heterocycles. The van der Waals surface area contributed by atoms with Gasteiger partial charge in [0.1, 0.15) is 4.83 Å². The molecule has 0 radical (unpaired) electrons. The molecule has 33 heavy (non-hydrogen) atoms. The molecule has 9 heteroatoms. The van der Waals surface area contributed by atoms with Crippen molar-refractivity contribution >= 4 is 60.6 Å². The van der Waals surface area contributed by atoms with Crippen molar-refractivity contribution in [3.63, 3.8) is 0 Å². The Morgan fingerprint density at radius 2 is 2.18 bits per heavy atom. The summed E-state index contributed by atoms with van der Waals surface area (Å²) in [5.74, 6) is 0.463. The molecule has 3 N–H and O–H groups in total. The maximum absolute atomic E-state index is 10.7. The Morgan fingerprint density at radius 1 is 1.27 bits per heavy atom. The molecule has 4 aromatic rings. The molecule has 1 aliphatic rings. The van der Waals surface area contributed by atoms with Gasteiger partial charge in [0.15, 0.2) is 0 Å². The number of pyridine rings is 1. The third-order valence-electron chi connectivity index (χ3n) is 6.45. The molecule has 1 saturated heterocycles. The lowest BCUT2D eigenvalue weighted by Crippen LogP contribution is -2.43. The molecule has 1 fully saturated rings. The van der Waals surface area contributed by atoms with Gasteiger partial charge in [0.05, 0.1) is 21.4 Å². The first kappa shape index (κ1) is 22.1. The number of thiazole rings is 1. The molecule has 7 nitrogen and oxygen atoms in total. The number of likely N-dealkylation sites (tertiary alicyclic amines) is 1. The minimum atomic E-state index is -0.951. The maximum Gasteiger partial charge on any atom is 0.404 e. The van der Waals surface area contributed by atoms with Crippen LogP contribution in [0.5, 0.6) is 0 Å². The zero-order chi connectivity index (χ0) is 22.8. The Bertz CT molecular complexity index is 1270. The van der Waals surface area contributed by atoms with Crippen molar-refractivity contribution in [2.45, 2.75) is 38.1 Å².